The summed E-state index contributed by atoms with van der Waals surface area (Å²) in [6.45, 7) is 4.66. The number of benzene rings is 1. The molecule has 0 amide bonds. The first-order valence-corrected chi connectivity index (χ1v) is 9.82. The highest BCUT2D eigenvalue weighted by atomic mass is 19.1. The molecule has 4 aliphatic carbocycles. The molecule has 4 aliphatic rings. The average Bonchev–Trinajstić information content (AvgIpc) is 2.50. The highest BCUT2D eigenvalue weighted by Gasteiger charge is 2.51. The molecule has 0 saturated heterocycles. The Morgan fingerprint density at radius 2 is 1.69 bits per heavy atom. The molecule has 0 spiro atoms. The summed E-state index contributed by atoms with van der Waals surface area (Å²) in [5.41, 5.74) is -1.35. The van der Waals surface area contributed by atoms with Crippen LogP contribution in [0.1, 0.15) is 75.2 Å². The molecule has 4 bridgehead atoms. The van der Waals surface area contributed by atoms with E-state index in [-0.39, 0.29) is 22.3 Å². The van der Waals surface area contributed by atoms with E-state index in [1.807, 2.05) is 0 Å². The number of Topliss-reactive ketones (excluding diaryl/α,β-unsaturated/α-hetero) is 1. The zero-order chi connectivity index (χ0) is 18.7. The number of alkyl halides is 1. The molecular weight excluding hydrogens is 334 g/mol. The number of ether oxygens (including phenoxy) is 1. The number of halogens is 2. The predicted molar refractivity (Wildman–Crippen MR) is 96.6 cm³/mol. The Morgan fingerprint density at radius 3 is 2.15 bits per heavy atom. The second kappa shape index (κ2) is 6.03. The number of hydrogen-bond donors (Lipinski definition) is 0. The molecule has 26 heavy (non-hydrogen) atoms. The van der Waals surface area contributed by atoms with Crippen molar-refractivity contribution >= 4 is 5.78 Å². The quantitative estimate of drug-likeness (QED) is 0.616. The standard InChI is InChI=1S/C22H28F2O2/c1-13(25)17-7-18(21(2,3)24)20(8-19(17)23)26-12-22-9-14-4-15(10-22)6-16(5-14)11-22/h7-8,14-16H,4-6,9-12H2,1-3H3. The molecule has 1 aromatic rings. The minimum atomic E-state index is -1.70. The summed E-state index contributed by atoms with van der Waals surface area (Å²) in [6, 6.07) is 2.53. The van der Waals surface area contributed by atoms with Gasteiger partial charge in [0.15, 0.2) is 5.78 Å². The van der Waals surface area contributed by atoms with Gasteiger partial charge in [0.25, 0.3) is 0 Å². The lowest BCUT2D eigenvalue weighted by atomic mass is 9.50. The van der Waals surface area contributed by atoms with E-state index in [1.165, 1.54) is 71.4 Å². The summed E-state index contributed by atoms with van der Waals surface area (Å²) in [7, 11) is 0. The Kier molecular flexibility index (Phi) is 4.16. The smallest absolute Gasteiger partial charge is 0.162 e. The molecule has 0 radical (unpaired) electrons. The molecule has 0 aliphatic heterocycles. The summed E-state index contributed by atoms with van der Waals surface area (Å²) in [5, 5.41) is 0. The molecule has 2 nitrogen and oxygen atoms in total. The summed E-state index contributed by atoms with van der Waals surface area (Å²) in [5.74, 6) is 1.62. The molecule has 4 heteroatoms. The van der Waals surface area contributed by atoms with Crippen LogP contribution in [0, 0.1) is 29.0 Å². The van der Waals surface area contributed by atoms with Gasteiger partial charge in [-0.15, -0.1) is 0 Å². The summed E-state index contributed by atoms with van der Waals surface area (Å²) in [6.07, 6.45) is 7.60. The van der Waals surface area contributed by atoms with E-state index >= 15 is 0 Å². The normalized spacial score (nSPS) is 32.7. The van der Waals surface area contributed by atoms with Crippen LogP contribution in [-0.4, -0.2) is 12.4 Å². The lowest BCUT2D eigenvalue weighted by Crippen LogP contribution is -2.48. The van der Waals surface area contributed by atoms with Crippen molar-refractivity contribution in [1.82, 2.24) is 0 Å². The van der Waals surface area contributed by atoms with E-state index in [4.69, 9.17) is 4.74 Å². The Labute approximate surface area is 154 Å². The van der Waals surface area contributed by atoms with Gasteiger partial charge in [-0.2, -0.15) is 0 Å². The van der Waals surface area contributed by atoms with Gasteiger partial charge >= 0.3 is 0 Å². The Morgan fingerprint density at radius 1 is 1.15 bits per heavy atom. The number of carbonyl (C=O) groups is 1. The largest absolute Gasteiger partial charge is 0.492 e. The molecule has 4 fully saturated rings. The Bertz CT molecular complexity index is 697. The van der Waals surface area contributed by atoms with Crippen molar-refractivity contribution in [3.8, 4) is 5.75 Å². The van der Waals surface area contributed by atoms with Crippen molar-refractivity contribution in [2.24, 2.45) is 23.2 Å². The molecular formula is C22H28F2O2. The van der Waals surface area contributed by atoms with Crippen molar-refractivity contribution < 1.29 is 18.3 Å². The van der Waals surface area contributed by atoms with Crippen LogP contribution < -0.4 is 4.74 Å². The second-order valence-corrected chi connectivity index (χ2v) is 9.56. The third-order valence-corrected chi connectivity index (χ3v) is 6.79. The lowest BCUT2D eigenvalue weighted by Gasteiger charge is -2.56. The molecule has 1 aromatic carbocycles. The van der Waals surface area contributed by atoms with Gasteiger partial charge in [-0.3, -0.25) is 4.79 Å². The topological polar surface area (TPSA) is 26.3 Å². The van der Waals surface area contributed by atoms with Gasteiger partial charge in [-0.05, 0) is 83.1 Å². The molecule has 0 atom stereocenters. The summed E-state index contributed by atoms with van der Waals surface area (Å²) < 4.78 is 35.1. The Hall–Kier alpha value is -1.45. The fourth-order valence-corrected chi connectivity index (χ4v) is 6.11. The molecule has 0 N–H and O–H groups in total. The van der Waals surface area contributed by atoms with E-state index in [0.717, 1.165) is 17.8 Å². The first-order valence-electron chi connectivity index (χ1n) is 9.82. The van der Waals surface area contributed by atoms with E-state index < -0.39 is 17.3 Å². The van der Waals surface area contributed by atoms with Gasteiger partial charge in [0.05, 0.1) is 12.2 Å². The number of ketones is 1. The van der Waals surface area contributed by atoms with Crippen LogP contribution in [0.5, 0.6) is 5.75 Å². The van der Waals surface area contributed by atoms with E-state index in [2.05, 4.69) is 0 Å². The van der Waals surface area contributed by atoms with Gasteiger partial charge in [-0.1, -0.05) is 0 Å². The van der Waals surface area contributed by atoms with E-state index in [0.29, 0.717) is 6.61 Å². The molecule has 0 unspecified atom stereocenters. The molecule has 0 aromatic heterocycles. The molecule has 4 saturated carbocycles. The predicted octanol–water partition coefficient (Wildman–Crippen LogP) is 5.83. The maximum Gasteiger partial charge on any atom is 0.162 e. The lowest BCUT2D eigenvalue weighted by molar-refractivity contribution is -0.0749. The minimum absolute atomic E-state index is 0.0760. The first kappa shape index (κ1) is 17.9. The summed E-state index contributed by atoms with van der Waals surface area (Å²) in [4.78, 5) is 11.6. The monoisotopic (exact) mass is 362 g/mol. The van der Waals surface area contributed by atoms with Crippen LogP contribution in [0.25, 0.3) is 0 Å². The van der Waals surface area contributed by atoms with Crippen molar-refractivity contribution in [2.45, 2.75) is 65.0 Å². The van der Waals surface area contributed by atoms with Crippen molar-refractivity contribution in [2.75, 3.05) is 6.61 Å². The van der Waals surface area contributed by atoms with Gasteiger partial charge in [0, 0.05) is 17.0 Å². The van der Waals surface area contributed by atoms with Crippen molar-refractivity contribution in [3.05, 3.63) is 29.1 Å². The SMILES string of the molecule is CC(=O)c1cc(C(C)(C)F)c(OCC23CC4CC(CC(C4)C2)C3)cc1F. The Balaban J connectivity index is 1.60. The van der Waals surface area contributed by atoms with E-state index in [1.54, 1.807) is 0 Å². The van der Waals surface area contributed by atoms with Crippen LogP contribution in [-0.2, 0) is 5.67 Å². The number of rotatable bonds is 5. The van der Waals surface area contributed by atoms with Crippen LogP contribution in [0.2, 0.25) is 0 Å². The zero-order valence-electron chi connectivity index (χ0n) is 15.9. The molecule has 5 rings (SSSR count). The van der Waals surface area contributed by atoms with Crippen molar-refractivity contribution in [1.29, 1.82) is 0 Å². The molecule has 0 heterocycles. The fourth-order valence-electron chi connectivity index (χ4n) is 6.11. The third-order valence-electron chi connectivity index (χ3n) is 6.79. The minimum Gasteiger partial charge on any atom is -0.492 e. The fraction of sp³-hybridized carbons (Fsp3) is 0.682. The van der Waals surface area contributed by atoms with Gasteiger partial charge < -0.3 is 4.74 Å². The number of carbonyl (C=O) groups excluding carboxylic acids is 1. The maximum atomic E-state index is 14.7. The number of hydrogen-bond acceptors (Lipinski definition) is 2. The highest BCUT2D eigenvalue weighted by Crippen LogP contribution is 2.60. The van der Waals surface area contributed by atoms with Gasteiger partial charge in [0.1, 0.15) is 17.2 Å². The van der Waals surface area contributed by atoms with Crippen LogP contribution in [0.4, 0.5) is 8.78 Å². The zero-order valence-corrected chi connectivity index (χ0v) is 15.9. The average molecular weight is 362 g/mol. The van der Waals surface area contributed by atoms with E-state index in [9.17, 15) is 13.6 Å². The van der Waals surface area contributed by atoms with Crippen LogP contribution >= 0.6 is 0 Å². The highest BCUT2D eigenvalue weighted by molar-refractivity contribution is 5.94. The first-order chi connectivity index (χ1) is 12.2. The van der Waals surface area contributed by atoms with Crippen molar-refractivity contribution in [3.63, 3.8) is 0 Å². The van der Waals surface area contributed by atoms with Crippen LogP contribution in [0.15, 0.2) is 12.1 Å². The molecule has 142 valence electrons. The summed E-state index contributed by atoms with van der Waals surface area (Å²) >= 11 is 0. The van der Waals surface area contributed by atoms with Crippen LogP contribution in [0.3, 0.4) is 0 Å². The second-order valence-electron chi connectivity index (χ2n) is 9.56. The maximum absolute atomic E-state index is 14.7. The van der Waals surface area contributed by atoms with Gasteiger partial charge in [-0.25, -0.2) is 8.78 Å². The third kappa shape index (κ3) is 3.16. The van der Waals surface area contributed by atoms with Gasteiger partial charge in [0.2, 0.25) is 0 Å².